The van der Waals surface area contributed by atoms with Gasteiger partial charge >= 0.3 is 0 Å². The highest BCUT2D eigenvalue weighted by atomic mass is 35.5. The molecule has 1 aromatic rings. The second-order valence-electron chi connectivity index (χ2n) is 3.57. The molecule has 1 aliphatic rings. The molecule has 5 heteroatoms. The lowest BCUT2D eigenvalue weighted by molar-refractivity contribution is -0.119. The largest absolute Gasteiger partial charge is 0.493 e. The standard InChI is InChI=1S/C11H11Cl2NO2/c12-6-11(15)14-9-3-4-16-10-2-1-7(13)5-8(9)10/h1-2,5,9H,3-4,6H2,(H,14,15). The maximum atomic E-state index is 11.3. The molecule has 0 saturated carbocycles. The van der Waals surface area contributed by atoms with Crippen molar-refractivity contribution in [1.29, 1.82) is 0 Å². The smallest absolute Gasteiger partial charge is 0.235 e. The fraction of sp³-hybridized carbons (Fsp3) is 0.364. The van der Waals surface area contributed by atoms with Gasteiger partial charge in [-0.3, -0.25) is 4.79 Å². The number of hydrogen-bond acceptors (Lipinski definition) is 2. The van der Waals surface area contributed by atoms with Crippen LogP contribution < -0.4 is 10.1 Å². The van der Waals surface area contributed by atoms with Crippen molar-refractivity contribution in [3.63, 3.8) is 0 Å². The number of ether oxygens (including phenoxy) is 1. The van der Waals surface area contributed by atoms with Crippen molar-refractivity contribution in [2.75, 3.05) is 12.5 Å². The van der Waals surface area contributed by atoms with Crippen LogP contribution in [-0.2, 0) is 4.79 Å². The van der Waals surface area contributed by atoms with Crippen LogP contribution in [0.5, 0.6) is 5.75 Å². The molecule has 86 valence electrons. The van der Waals surface area contributed by atoms with Crippen molar-refractivity contribution in [1.82, 2.24) is 5.32 Å². The summed E-state index contributed by atoms with van der Waals surface area (Å²) in [5.74, 6) is 0.558. The van der Waals surface area contributed by atoms with Gasteiger partial charge in [0.25, 0.3) is 0 Å². The Kier molecular flexibility index (Phi) is 3.56. The molecule has 1 aliphatic heterocycles. The lowest BCUT2D eigenvalue weighted by Gasteiger charge is -2.26. The molecule has 0 bridgehead atoms. The van der Waals surface area contributed by atoms with Gasteiger partial charge in [-0.1, -0.05) is 11.6 Å². The normalized spacial score (nSPS) is 18.5. The summed E-state index contributed by atoms with van der Waals surface area (Å²) in [5.41, 5.74) is 0.914. The minimum atomic E-state index is -0.181. The van der Waals surface area contributed by atoms with Gasteiger partial charge in [-0.05, 0) is 18.2 Å². The first-order valence-corrected chi connectivity index (χ1v) is 5.89. The zero-order chi connectivity index (χ0) is 11.5. The average molecular weight is 260 g/mol. The van der Waals surface area contributed by atoms with E-state index in [0.29, 0.717) is 11.6 Å². The van der Waals surface area contributed by atoms with Crippen molar-refractivity contribution < 1.29 is 9.53 Å². The number of rotatable bonds is 2. The predicted molar refractivity (Wildman–Crippen MR) is 63.2 cm³/mol. The Labute approximate surface area is 104 Å². The Morgan fingerprint density at radius 3 is 3.12 bits per heavy atom. The van der Waals surface area contributed by atoms with Crippen molar-refractivity contribution in [3.8, 4) is 5.75 Å². The third-order valence-corrected chi connectivity index (χ3v) is 2.95. The molecule has 2 rings (SSSR count). The monoisotopic (exact) mass is 259 g/mol. The molecule has 0 aromatic heterocycles. The van der Waals surface area contributed by atoms with Gasteiger partial charge in [0.2, 0.25) is 5.91 Å². The van der Waals surface area contributed by atoms with E-state index in [0.717, 1.165) is 17.7 Å². The van der Waals surface area contributed by atoms with E-state index in [2.05, 4.69) is 5.32 Å². The zero-order valence-electron chi connectivity index (χ0n) is 8.50. The first-order chi connectivity index (χ1) is 7.70. The van der Waals surface area contributed by atoms with E-state index in [1.807, 2.05) is 12.1 Å². The SMILES string of the molecule is O=C(CCl)NC1CCOc2ccc(Cl)cc21. The summed E-state index contributed by atoms with van der Waals surface area (Å²) in [6.07, 6.45) is 0.732. The summed E-state index contributed by atoms with van der Waals surface area (Å²) in [6, 6.07) is 5.34. The third kappa shape index (κ3) is 2.42. The fourth-order valence-corrected chi connectivity index (χ4v) is 2.01. The quantitative estimate of drug-likeness (QED) is 0.830. The van der Waals surface area contributed by atoms with E-state index < -0.39 is 0 Å². The summed E-state index contributed by atoms with van der Waals surface area (Å²) < 4.78 is 5.48. The maximum absolute atomic E-state index is 11.3. The number of benzene rings is 1. The van der Waals surface area contributed by atoms with Gasteiger partial charge in [-0.15, -0.1) is 11.6 Å². The zero-order valence-corrected chi connectivity index (χ0v) is 10.0. The molecule has 1 aromatic carbocycles. The van der Waals surface area contributed by atoms with E-state index in [4.69, 9.17) is 27.9 Å². The lowest BCUT2D eigenvalue weighted by Crippen LogP contribution is -2.32. The van der Waals surface area contributed by atoms with Gasteiger partial charge in [0, 0.05) is 17.0 Å². The van der Waals surface area contributed by atoms with Crippen molar-refractivity contribution in [3.05, 3.63) is 28.8 Å². The molecule has 0 spiro atoms. The molecule has 1 amide bonds. The molecule has 1 unspecified atom stereocenters. The van der Waals surface area contributed by atoms with E-state index in [9.17, 15) is 4.79 Å². The number of halogens is 2. The number of amides is 1. The highest BCUT2D eigenvalue weighted by Crippen LogP contribution is 2.33. The summed E-state index contributed by atoms with van der Waals surface area (Å²) in [4.78, 5) is 11.3. The van der Waals surface area contributed by atoms with Crippen LogP contribution in [0, 0.1) is 0 Å². The Bertz CT molecular complexity index is 409. The van der Waals surface area contributed by atoms with Crippen LogP contribution >= 0.6 is 23.2 Å². The molecule has 0 fully saturated rings. The number of carbonyl (C=O) groups is 1. The van der Waals surface area contributed by atoms with Gasteiger partial charge in [0.1, 0.15) is 11.6 Å². The van der Waals surface area contributed by atoms with Crippen LogP contribution in [0.1, 0.15) is 18.0 Å². The molecule has 0 saturated heterocycles. The first kappa shape index (κ1) is 11.6. The Morgan fingerprint density at radius 1 is 1.56 bits per heavy atom. The van der Waals surface area contributed by atoms with Crippen molar-refractivity contribution >= 4 is 29.1 Å². The van der Waals surface area contributed by atoms with Crippen LogP contribution in [0.25, 0.3) is 0 Å². The molecule has 0 aliphatic carbocycles. The topological polar surface area (TPSA) is 38.3 Å². The highest BCUT2D eigenvalue weighted by Gasteiger charge is 2.22. The molecule has 1 atom stereocenters. The van der Waals surface area contributed by atoms with E-state index in [1.54, 1.807) is 6.07 Å². The number of alkyl halides is 1. The number of carbonyl (C=O) groups excluding carboxylic acids is 1. The molecular formula is C11H11Cl2NO2. The van der Waals surface area contributed by atoms with Crippen LogP contribution in [0.15, 0.2) is 18.2 Å². The minimum Gasteiger partial charge on any atom is -0.493 e. The highest BCUT2D eigenvalue weighted by molar-refractivity contribution is 6.30. The van der Waals surface area contributed by atoms with Gasteiger partial charge in [-0.2, -0.15) is 0 Å². The minimum absolute atomic E-state index is 0.0345. The predicted octanol–water partition coefficient (Wildman–Crippen LogP) is 2.52. The summed E-state index contributed by atoms with van der Waals surface area (Å²) >= 11 is 11.4. The molecule has 16 heavy (non-hydrogen) atoms. The maximum Gasteiger partial charge on any atom is 0.235 e. The Balaban J connectivity index is 2.24. The molecule has 0 radical (unpaired) electrons. The van der Waals surface area contributed by atoms with Crippen molar-refractivity contribution in [2.45, 2.75) is 12.5 Å². The van der Waals surface area contributed by atoms with Gasteiger partial charge in [-0.25, -0.2) is 0 Å². The van der Waals surface area contributed by atoms with Crippen LogP contribution in [-0.4, -0.2) is 18.4 Å². The summed E-state index contributed by atoms with van der Waals surface area (Å²) in [6.45, 7) is 0.585. The summed E-state index contributed by atoms with van der Waals surface area (Å²) in [5, 5.41) is 3.48. The van der Waals surface area contributed by atoms with Crippen LogP contribution in [0.4, 0.5) is 0 Å². The van der Waals surface area contributed by atoms with E-state index in [-0.39, 0.29) is 17.8 Å². The van der Waals surface area contributed by atoms with E-state index in [1.165, 1.54) is 0 Å². The van der Waals surface area contributed by atoms with Gasteiger partial charge in [0.05, 0.1) is 12.6 Å². The Morgan fingerprint density at radius 2 is 2.38 bits per heavy atom. The third-order valence-electron chi connectivity index (χ3n) is 2.47. The molecule has 1 heterocycles. The lowest BCUT2D eigenvalue weighted by atomic mass is 10.0. The number of nitrogens with one attached hydrogen (secondary N) is 1. The molecule has 3 nitrogen and oxygen atoms in total. The Hall–Kier alpha value is -0.930. The summed E-state index contributed by atoms with van der Waals surface area (Å²) in [7, 11) is 0. The number of fused-ring (bicyclic) bond motifs is 1. The second kappa shape index (κ2) is 4.93. The second-order valence-corrected chi connectivity index (χ2v) is 4.28. The van der Waals surface area contributed by atoms with Crippen LogP contribution in [0.2, 0.25) is 5.02 Å². The molecule has 1 N–H and O–H groups in total. The van der Waals surface area contributed by atoms with Crippen LogP contribution in [0.3, 0.4) is 0 Å². The first-order valence-electron chi connectivity index (χ1n) is 4.98. The average Bonchev–Trinajstić information content (AvgIpc) is 2.29. The van der Waals surface area contributed by atoms with E-state index >= 15 is 0 Å². The van der Waals surface area contributed by atoms with Gasteiger partial charge in [0.15, 0.2) is 0 Å². The fourth-order valence-electron chi connectivity index (χ4n) is 1.75. The van der Waals surface area contributed by atoms with Gasteiger partial charge < -0.3 is 10.1 Å². The van der Waals surface area contributed by atoms with Crippen molar-refractivity contribution in [2.24, 2.45) is 0 Å². The molecular weight excluding hydrogens is 249 g/mol. The number of hydrogen-bond donors (Lipinski definition) is 1.